The molecule has 6 heteroatoms. The molecule has 24 heavy (non-hydrogen) atoms. The second-order valence-electron chi connectivity index (χ2n) is 6.25. The summed E-state index contributed by atoms with van der Waals surface area (Å²) < 4.78 is 2.14. The first-order valence-electron chi connectivity index (χ1n) is 8.39. The molecule has 128 valence electrons. The van der Waals surface area contributed by atoms with Gasteiger partial charge in [0.2, 0.25) is 0 Å². The zero-order chi connectivity index (χ0) is 17.1. The topological polar surface area (TPSA) is 70.4 Å². The molecule has 1 aliphatic rings. The zero-order valence-corrected chi connectivity index (χ0v) is 14.2. The lowest BCUT2D eigenvalue weighted by Gasteiger charge is -2.26. The highest BCUT2D eigenvalue weighted by Crippen LogP contribution is 2.26. The number of fused-ring (bicyclic) bond motifs is 1. The number of likely N-dealkylation sites (N-methyl/N-ethyl adjacent to an activating group) is 1. The van der Waals surface area contributed by atoms with E-state index in [0.29, 0.717) is 18.7 Å². The van der Waals surface area contributed by atoms with E-state index in [4.69, 9.17) is 0 Å². The molecule has 6 nitrogen and oxygen atoms in total. The van der Waals surface area contributed by atoms with Crippen molar-refractivity contribution >= 4 is 5.91 Å². The molecule has 2 N–H and O–H groups in total. The van der Waals surface area contributed by atoms with Gasteiger partial charge in [-0.05, 0) is 13.5 Å². The van der Waals surface area contributed by atoms with Gasteiger partial charge in [0.05, 0.1) is 18.3 Å². The standard InChI is InChI=1S/C18H24N4O2/c1-3-14(12-23)19-18(24)16-15-11-21(2)9-10-22(15)17(20-16)13-7-5-4-6-8-13/h4-8,14,23H,3,9-12H2,1-2H3,(H,19,24). The molecule has 0 radical (unpaired) electrons. The molecular formula is C18H24N4O2. The van der Waals surface area contributed by atoms with E-state index in [2.05, 4.69) is 19.8 Å². The van der Waals surface area contributed by atoms with E-state index < -0.39 is 0 Å². The second kappa shape index (κ2) is 7.15. The van der Waals surface area contributed by atoms with Crippen LogP contribution in [-0.2, 0) is 13.1 Å². The number of aromatic nitrogens is 2. The number of aliphatic hydroxyl groups excluding tert-OH is 1. The molecule has 0 spiro atoms. The van der Waals surface area contributed by atoms with Crippen molar-refractivity contribution in [2.45, 2.75) is 32.5 Å². The maximum Gasteiger partial charge on any atom is 0.272 e. The molecule has 0 saturated carbocycles. The fourth-order valence-electron chi connectivity index (χ4n) is 3.01. The van der Waals surface area contributed by atoms with Crippen molar-refractivity contribution < 1.29 is 9.90 Å². The average molecular weight is 328 g/mol. The van der Waals surface area contributed by atoms with Gasteiger partial charge in [0.1, 0.15) is 5.82 Å². The number of carbonyl (C=O) groups is 1. The number of imidazole rings is 1. The van der Waals surface area contributed by atoms with Crippen LogP contribution in [-0.4, -0.2) is 51.7 Å². The van der Waals surface area contributed by atoms with Crippen LogP contribution in [0.3, 0.4) is 0 Å². The first-order chi connectivity index (χ1) is 11.6. The van der Waals surface area contributed by atoms with Crippen molar-refractivity contribution in [1.82, 2.24) is 19.8 Å². The second-order valence-corrected chi connectivity index (χ2v) is 6.25. The quantitative estimate of drug-likeness (QED) is 0.872. The molecule has 0 fully saturated rings. The van der Waals surface area contributed by atoms with Gasteiger partial charge in [-0.3, -0.25) is 9.69 Å². The minimum atomic E-state index is -0.239. The number of carbonyl (C=O) groups excluding carboxylic acids is 1. The molecule has 1 unspecified atom stereocenters. The molecule has 2 heterocycles. The first-order valence-corrected chi connectivity index (χ1v) is 8.39. The van der Waals surface area contributed by atoms with Crippen LogP contribution in [0, 0.1) is 0 Å². The van der Waals surface area contributed by atoms with Crippen molar-refractivity contribution in [3.63, 3.8) is 0 Å². The number of nitrogens with zero attached hydrogens (tertiary/aromatic N) is 3. The van der Waals surface area contributed by atoms with Crippen LogP contribution in [0.2, 0.25) is 0 Å². The Balaban J connectivity index is 2.00. The van der Waals surface area contributed by atoms with Gasteiger partial charge in [0.25, 0.3) is 5.91 Å². The summed E-state index contributed by atoms with van der Waals surface area (Å²) in [7, 11) is 2.04. The van der Waals surface area contributed by atoms with Gasteiger partial charge in [-0.1, -0.05) is 37.3 Å². The predicted molar refractivity (Wildman–Crippen MR) is 92.6 cm³/mol. The highest BCUT2D eigenvalue weighted by molar-refractivity contribution is 5.94. The fourth-order valence-corrected chi connectivity index (χ4v) is 3.01. The van der Waals surface area contributed by atoms with E-state index in [0.717, 1.165) is 30.2 Å². The van der Waals surface area contributed by atoms with Crippen LogP contribution in [0.1, 0.15) is 29.5 Å². The highest BCUT2D eigenvalue weighted by atomic mass is 16.3. The van der Waals surface area contributed by atoms with E-state index in [1.807, 2.05) is 44.3 Å². The molecule has 0 aliphatic carbocycles. The molecule has 1 aromatic carbocycles. The van der Waals surface area contributed by atoms with Gasteiger partial charge in [-0.2, -0.15) is 0 Å². The number of rotatable bonds is 5. The summed E-state index contributed by atoms with van der Waals surface area (Å²) in [6, 6.07) is 9.71. The molecule has 1 amide bonds. The Morgan fingerprint density at radius 2 is 2.08 bits per heavy atom. The van der Waals surface area contributed by atoms with Crippen molar-refractivity contribution in [1.29, 1.82) is 0 Å². The maximum absolute atomic E-state index is 12.7. The normalized spacial score (nSPS) is 15.8. The number of benzene rings is 1. The predicted octanol–water partition coefficient (Wildman–Crippen LogP) is 1.50. The lowest BCUT2D eigenvalue weighted by atomic mass is 10.2. The van der Waals surface area contributed by atoms with Gasteiger partial charge < -0.3 is 15.0 Å². The number of amides is 1. The summed E-state index contributed by atoms with van der Waals surface area (Å²) in [5.41, 5.74) is 2.41. The maximum atomic E-state index is 12.7. The van der Waals surface area contributed by atoms with Crippen molar-refractivity contribution in [3.8, 4) is 11.4 Å². The summed E-state index contributed by atoms with van der Waals surface area (Å²) in [6.07, 6.45) is 0.684. The van der Waals surface area contributed by atoms with Gasteiger partial charge in [-0.15, -0.1) is 0 Å². The van der Waals surface area contributed by atoms with E-state index in [9.17, 15) is 9.90 Å². The minimum Gasteiger partial charge on any atom is -0.394 e. The third-order valence-electron chi connectivity index (χ3n) is 4.49. The third-order valence-corrected chi connectivity index (χ3v) is 4.49. The zero-order valence-electron chi connectivity index (χ0n) is 14.2. The first kappa shape index (κ1) is 16.7. The van der Waals surface area contributed by atoms with E-state index in [1.165, 1.54) is 0 Å². The summed E-state index contributed by atoms with van der Waals surface area (Å²) in [5.74, 6) is 0.623. The van der Waals surface area contributed by atoms with Gasteiger partial charge >= 0.3 is 0 Å². The fraction of sp³-hybridized carbons (Fsp3) is 0.444. The molecular weight excluding hydrogens is 304 g/mol. The summed E-state index contributed by atoms with van der Waals surface area (Å²) in [4.78, 5) is 19.5. The summed E-state index contributed by atoms with van der Waals surface area (Å²) >= 11 is 0. The average Bonchev–Trinajstić information content (AvgIpc) is 2.99. The van der Waals surface area contributed by atoms with E-state index in [1.54, 1.807) is 0 Å². The van der Waals surface area contributed by atoms with Crippen molar-refractivity contribution in [2.24, 2.45) is 0 Å². The third kappa shape index (κ3) is 3.20. The number of aliphatic hydroxyl groups is 1. The van der Waals surface area contributed by atoms with E-state index >= 15 is 0 Å². The molecule has 3 rings (SSSR count). The van der Waals surface area contributed by atoms with Gasteiger partial charge in [0, 0.05) is 25.2 Å². The summed E-state index contributed by atoms with van der Waals surface area (Å²) in [5, 5.41) is 12.2. The molecule has 1 aliphatic heterocycles. The smallest absolute Gasteiger partial charge is 0.272 e. The van der Waals surface area contributed by atoms with E-state index in [-0.39, 0.29) is 18.6 Å². The highest BCUT2D eigenvalue weighted by Gasteiger charge is 2.27. The molecule has 0 saturated heterocycles. The molecule has 1 atom stereocenters. The van der Waals surface area contributed by atoms with Crippen LogP contribution >= 0.6 is 0 Å². The lowest BCUT2D eigenvalue weighted by molar-refractivity contribution is 0.0907. The number of hydrogen-bond donors (Lipinski definition) is 2. The Labute approximate surface area is 142 Å². The SMILES string of the molecule is CCC(CO)NC(=O)c1nc(-c2ccccc2)n2c1CN(C)CC2. The monoisotopic (exact) mass is 328 g/mol. The molecule has 1 aromatic heterocycles. The van der Waals surface area contributed by atoms with Crippen molar-refractivity contribution in [2.75, 3.05) is 20.2 Å². The Morgan fingerprint density at radius 1 is 1.33 bits per heavy atom. The van der Waals surface area contributed by atoms with Crippen LogP contribution in [0.25, 0.3) is 11.4 Å². The summed E-state index contributed by atoms with van der Waals surface area (Å²) in [6.45, 7) is 4.31. The number of hydrogen-bond acceptors (Lipinski definition) is 4. The van der Waals surface area contributed by atoms with Crippen LogP contribution in [0.4, 0.5) is 0 Å². The van der Waals surface area contributed by atoms with Crippen LogP contribution < -0.4 is 5.32 Å². The Morgan fingerprint density at radius 3 is 2.75 bits per heavy atom. The Hall–Kier alpha value is -2.18. The Bertz CT molecular complexity index is 707. The lowest BCUT2D eigenvalue weighted by Crippen LogP contribution is -2.38. The molecule has 0 bridgehead atoms. The largest absolute Gasteiger partial charge is 0.394 e. The van der Waals surface area contributed by atoms with Gasteiger partial charge in [0.15, 0.2) is 5.69 Å². The van der Waals surface area contributed by atoms with Crippen molar-refractivity contribution in [3.05, 3.63) is 41.7 Å². The Kier molecular flexibility index (Phi) is 4.97. The molecule has 2 aromatic rings. The van der Waals surface area contributed by atoms with Crippen LogP contribution in [0.15, 0.2) is 30.3 Å². The van der Waals surface area contributed by atoms with Gasteiger partial charge in [-0.25, -0.2) is 4.98 Å². The number of nitrogens with one attached hydrogen (secondary N) is 1. The van der Waals surface area contributed by atoms with Crippen LogP contribution in [0.5, 0.6) is 0 Å². The minimum absolute atomic E-state index is 0.0657.